The molecule has 0 amide bonds. The molecule has 0 aliphatic heterocycles. The number of hydrogen-bond acceptors (Lipinski definition) is 3. The van der Waals surface area contributed by atoms with E-state index < -0.39 is 43.0 Å². The van der Waals surface area contributed by atoms with Crippen LogP contribution >= 0.6 is 11.6 Å². The Kier molecular flexibility index (Phi) is 5.92. The first-order chi connectivity index (χ1) is 10.0. The summed E-state index contributed by atoms with van der Waals surface area (Å²) in [6.07, 6.45) is -9.23. The zero-order valence-electron chi connectivity index (χ0n) is 10.7. The van der Waals surface area contributed by atoms with Crippen LogP contribution in [0.5, 0.6) is 11.5 Å². The molecule has 0 atom stereocenters. The maximum absolute atomic E-state index is 12.1. The Morgan fingerprint density at radius 1 is 1.00 bits per heavy atom. The van der Waals surface area contributed by atoms with Crippen LogP contribution in [-0.4, -0.2) is 37.2 Å². The van der Waals surface area contributed by atoms with Crippen molar-refractivity contribution in [2.45, 2.75) is 12.4 Å². The average molecular weight is 351 g/mol. The van der Waals surface area contributed by atoms with Gasteiger partial charge in [0, 0.05) is 0 Å². The molecule has 124 valence electrons. The zero-order chi connectivity index (χ0) is 17.0. The normalized spacial score (nSPS) is 12.1. The number of carbonyl (C=O) groups excluding carboxylic acids is 1. The van der Waals surface area contributed by atoms with Crippen LogP contribution in [-0.2, 0) is 0 Å². The first-order valence-electron chi connectivity index (χ1n) is 5.64. The SMILES string of the molecule is O=C(CCl)c1cc(OCC(F)(F)F)ccc1OCC(F)(F)F. The van der Waals surface area contributed by atoms with E-state index in [2.05, 4.69) is 9.47 Å². The first kappa shape index (κ1) is 18.4. The average Bonchev–Trinajstić information content (AvgIpc) is 2.40. The summed E-state index contributed by atoms with van der Waals surface area (Å²) in [7, 11) is 0. The largest absolute Gasteiger partial charge is 0.484 e. The lowest BCUT2D eigenvalue weighted by atomic mass is 10.1. The van der Waals surface area contributed by atoms with E-state index in [0.29, 0.717) is 0 Å². The van der Waals surface area contributed by atoms with Gasteiger partial charge >= 0.3 is 12.4 Å². The fourth-order valence-electron chi connectivity index (χ4n) is 1.34. The van der Waals surface area contributed by atoms with Gasteiger partial charge in [-0.25, -0.2) is 0 Å². The van der Waals surface area contributed by atoms with Gasteiger partial charge in [-0.05, 0) is 18.2 Å². The summed E-state index contributed by atoms with van der Waals surface area (Å²) in [5.41, 5.74) is -0.390. The lowest BCUT2D eigenvalue weighted by Crippen LogP contribution is -2.21. The molecule has 0 aliphatic carbocycles. The van der Waals surface area contributed by atoms with Gasteiger partial charge in [0.25, 0.3) is 0 Å². The number of rotatable bonds is 6. The van der Waals surface area contributed by atoms with Crippen LogP contribution in [0.4, 0.5) is 26.3 Å². The highest BCUT2D eigenvalue weighted by Crippen LogP contribution is 2.28. The summed E-state index contributed by atoms with van der Waals surface area (Å²) in [4.78, 5) is 11.5. The van der Waals surface area contributed by atoms with Gasteiger partial charge in [0.1, 0.15) is 11.5 Å². The van der Waals surface area contributed by atoms with E-state index in [-0.39, 0.29) is 11.3 Å². The molecule has 0 aromatic heterocycles. The Bertz CT molecular complexity index is 527. The van der Waals surface area contributed by atoms with Gasteiger partial charge in [0.05, 0.1) is 11.4 Å². The van der Waals surface area contributed by atoms with Crippen LogP contribution < -0.4 is 9.47 Å². The number of hydrogen-bond donors (Lipinski definition) is 0. The molecule has 0 saturated carbocycles. The minimum absolute atomic E-state index is 0.342. The predicted octanol–water partition coefficient (Wildman–Crippen LogP) is 3.99. The van der Waals surface area contributed by atoms with Crippen LogP contribution in [0, 0.1) is 0 Å². The molecular formula is C12H9ClF6O3. The molecule has 0 unspecified atom stereocenters. The Morgan fingerprint density at radius 3 is 2.05 bits per heavy atom. The highest BCUT2D eigenvalue weighted by atomic mass is 35.5. The molecular weight excluding hydrogens is 342 g/mol. The van der Waals surface area contributed by atoms with Crippen molar-refractivity contribution >= 4 is 17.4 Å². The quantitative estimate of drug-likeness (QED) is 0.442. The number of halogens is 7. The monoisotopic (exact) mass is 350 g/mol. The van der Waals surface area contributed by atoms with Crippen molar-refractivity contribution < 1.29 is 40.6 Å². The number of ketones is 1. The van der Waals surface area contributed by atoms with E-state index in [0.717, 1.165) is 18.2 Å². The molecule has 0 spiro atoms. The van der Waals surface area contributed by atoms with E-state index in [4.69, 9.17) is 11.6 Å². The van der Waals surface area contributed by atoms with Crippen molar-refractivity contribution in [3.05, 3.63) is 23.8 Å². The van der Waals surface area contributed by atoms with Crippen LogP contribution in [0.15, 0.2) is 18.2 Å². The maximum Gasteiger partial charge on any atom is 0.422 e. The molecule has 0 N–H and O–H groups in total. The van der Waals surface area contributed by atoms with Crippen LogP contribution in [0.3, 0.4) is 0 Å². The van der Waals surface area contributed by atoms with E-state index in [1.807, 2.05) is 0 Å². The molecule has 0 fully saturated rings. The zero-order valence-corrected chi connectivity index (χ0v) is 11.5. The highest BCUT2D eigenvalue weighted by Gasteiger charge is 2.30. The predicted molar refractivity (Wildman–Crippen MR) is 64.6 cm³/mol. The molecule has 0 heterocycles. The number of carbonyl (C=O) groups is 1. The number of ether oxygens (including phenoxy) is 2. The molecule has 1 aromatic carbocycles. The Balaban J connectivity index is 2.96. The highest BCUT2D eigenvalue weighted by molar-refractivity contribution is 6.30. The Labute approximate surface area is 125 Å². The summed E-state index contributed by atoms with van der Waals surface area (Å²) in [5.74, 6) is -2.17. The number of alkyl halides is 7. The van der Waals surface area contributed by atoms with Crippen LogP contribution in [0.25, 0.3) is 0 Å². The van der Waals surface area contributed by atoms with Gasteiger partial charge in [-0.3, -0.25) is 4.79 Å². The van der Waals surface area contributed by atoms with E-state index in [1.165, 1.54) is 0 Å². The standard InChI is InChI=1S/C12H9ClF6O3/c13-4-9(20)8-3-7(21-5-11(14,15)16)1-2-10(8)22-6-12(17,18)19/h1-3H,4-6H2. The fourth-order valence-corrected chi connectivity index (χ4v) is 1.48. The molecule has 0 saturated heterocycles. The summed E-state index contributed by atoms with van der Waals surface area (Å²) in [6.45, 7) is -3.26. The van der Waals surface area contributed by atoms with Crippen molar-refractivity contribution in [1.82, 2.24) is 0 Å². The minimum Gasteiger partial charge on any atom is -0.484 e. The topological polar surface area (TPSA) is 35.5 Å². The second kappa shape index (κ2) is 7.08. The molecule has 10 heteroatoms. The van der Waals surface area contributed by atoms with E-state index in [1.54, 1.807) is 0 Å². The minimum atomic E-state index is -4.63. The van der Waals surface area contributed by atoms with Gasteiger partial charge in [-0.15, -0.1) is 11.6 Å². The molecule has 0 radical (unpaired) electrons. The van der Waals surface area contributed by atoms with Gasteiger partial charge < -0.3 is 9.47 Å². The first-order valence-corrected chi connectivity index (χ1v) is 6.17. The van der Waals surface area contributed by atoms with Crippen molar-refractivity contribution in [2.75, 3.05) is 19.1 Å². The summed E-state index contributed by atoms with van der Waals surface area (Å²) >= 11 is 5.30. The molecule has 1 rings (SSSR count). The van der Waals surface area contributed by atoms with Crippen molar-refractivity contribution in [1.29, 1.82) is 0 Å². The molecule has 0 bridgehead atoms. The number of benzene rings is 1. The second-order valence-electron chi connectivity index (χ2n) is 4.02. The molecule has 1 aromatic rings. The summed E-state index contributed by atoms with van der Waals surface area (Å²) < 4.78 is 81.3. The molecule has 3 nitrogen and oxygen atoms in total. The van der Waals surface area contributed by atoms with E-state index >= 15 is 0 Å². The second-order valence-corrected chi connectivity index (χ2v) is 4.29. The third-order valence-electron chi connectivity index (χ3n) is 2.17. The summed E-state index contributed by atoms with van der Waals surface area (Å²) in [5, 5.41) is 0. The van der Waals surface area contributed by atoms with Gasteiger partial charge in [-0.2, -0.15) is 26.3 Å². The van der Waals surface area contributed by atoms with Gasteiger partial charge in [-0.1, -0.05) is 0 Å². The lowest BCUT2D eigenvalue weighted by Gasteiger charge is -2.14. The number of Topliss-reactive ketones (excluding diaryl/α,β-unsaturated/α-hetero) is 1. The van der Waals surface area contributed by atoms with E-state index in [9.17, 15) is 31.1 Å². The maximum atomic E-state index is 12.1. The molecule has 0 aliphatic rings. The van der Waals surface area contributed by atoms with Crippen molar-refractivity contribution in [3.8, 4) is 11.5 Å². The molecule has 22 heavy (non-hydrogen) atoms. The van der Waals surface area contributed by atoms with Crippen molar-refractivity contribution in [3.63, 3.8) is 0 Å². The fraction of sp³-hybridized carbons (Fsp3) is 0.417. The van der Waals surface area contributed by atoms with Crippen molar-refractivity contribution in [2.24, 2.45) is 0 Å². The Morgan fingerprint density at radius 2 is 1.55 bits per heavy atom. The lowest BCUT2D eigenvalue weighted by molar-refractivity contribution is -0.154. The smallest absolute Gasteiger partial charge is 0.422 e. The third-order valence-corrected chi connectivity index (χ3v) is 2.41. The van der Waals surface area contributed by atoms with Crippen LogP contribution in [0.2, 0.25) is 0 Å². The third kappa shape index (κ3) is 6.42. The van der Waals surface area contributed by atoms with Crippen LogP contribution in [0.1, 0.15) is 10.4 Å². The van der Waals surface area contributed by atoms with Gasteiger partial charge in [0.2, 0.25) is 0 Å². The van der Waals surface area contributed by atoms with Gasteiger partial charge in [0.15, 0.2) is 19.0 Å². The summed E-state index contributed by atoms with van der Waals surface area (Å²) in [6, 6.07) is 2.72. The Hall–Kier alpha value is -1.64.